The van der Waals surface area contributed by atoms with E-state index in [9.17, 15) is 4.39 Å². The molecule has 5 heteroatoms. The van der Waals surface area contributed by atoms with Crippen molar-refractivity contribution < 1.29 is 4.39 Å². The molecule has 1 aliphatic rings. The van der Waals surface area contributed by atoms with Gasteiger partial charge in [-0.25, -0.2) is 5.43 Å². The summed E-state index contributed by atoms with van der Waals surface area (Å²) in [5.74, 6) is -0.574. The standard InChI is InChI=1S/C3H2ClFN3/c4-8-6-2-1-3(5)7-8/h1,7H. The van der Waals surface area contributed by atoms with E-state index < -0.39 is 5.95 Å². The largest absolute Gasteiger partial charge is 0.242 e. The Morgan fingerprint density at radius 1 is 2.00 bits per heavy atom. The summed E-state index contributed by atoms with van der Waals surface area (Å²) in [5, 5.41) is 3.30. The van der Waals surface area contributed by atoms with Crippen molar-refractivity contribution in [3.05, 3.63) is 12.0 Å². The van der Waals surface area contributed by atoms with Gasteiger partial charge in [0.1, 0.15) is 6.21 Å². The molecular weight excluding hydrogens is 133 g/mol. The number of halogens is 2. The Bertz CT molecular complexity index is 143. The van der Waals surface area contributed by atoms with Gasteiger partial charge in [0.05, 0.1) is 11.8 Å². The van der Waals surface area contributed by atoms with Crippen LogP contribution in [0, 0.1) is 0 Å². The normalized spacial score (nSPS) is 17.8. The smallest absolute Gasteiger partial charge is 0.210 e. The summed E-state index contributed by atoms with van der Waals surface area (Å²) in [4.78, 5) is 0. The predicted octanol–water partition coefficient (Wildman–Crippen LogP) is 0.634. The highest BCUT2D eigenvalue weighted by Gasteiger charge is 2.00. The van der Waals surface area contributed by atoms with Crippen LogP contribution >= 0.6 is 11.8 Å². The number of allylic oxidation sites excluding steroid dienone is 1. The number of rotatable bonds is 0. The van der Waals surface area contributed by atoms with Crippen LogP contribution in [0.15, 0.2) is 17.1 Å². The molecule has 0 amide bonds. The average Bonchev–Trinajstić information content (AvgIpc) is 1.64. The molecule has 0 atom stereocenters. The fraction of sp³-hybridized carbons (Fsp3) is 0. The lowest BCUT2D eigenvalue weighted by Gasteiger charge is -2.10. The van der Waals surface area contributed by atoms with Crippen LogP contribution in [0.5, 0.6) is 0 Å². The Hall–Kier alpha value is -0.770. The van der Waals surface area contributed by atoms with Gasteiger partial charge < -0.3 is 0 Å². The Morgan fingerprint density at radius 2 is 2.75 bits per heavy atom. The van der Waals surface area contributed by atoms with E-state index in [-0.39, 0.29) is 0 Å². The molecule has 0 saturated carbocycles. The molecular formula is C3H2ClFN3. The van der Waals surface area contributed by atoms with Crippen LogP contribution in [0.2, 0.25) is 0 Å². The second-order valence-corrected chi connectivity index (χ2v) is 1.41. The first-order valence-corrected chi connectivity index (χ1v) is 2.17. The first-order valence-electron chi connectivity index (χ1n) is 1.83. The molecule has 0 spiro atoms. The maximum absolute atomic E-state index is 11.9. The third kappa shape index (κ3) is 1.10. The molecule has 0 unspecified atom stereocenters. The Morgan fingerprint density at radius 3 is 3.12 bits per heavy atom. The van der Waals surface area contributed by atoms with Gasteiger partial charge in [-0.1, -0.05) is 0 Å². The van der Waals surface area contributed by atoms with Gasteiger partial charge in [0.25, 0.3) is 0 Å². The minimum Gasteiger partial charge on any atom is -0.242 e. The topological polar surface area (TPSA) is 27.6 Å². The number of hydrazine groups is 1. The maximum atomic E-state index is 11.9. The quantitative estimate of drug-likeness (QED) is 0.389. The number of hydrazone groups is 1. The highest BCUT2D eigenvalue weighted by atomic mass is 35.5. The van der Waals surface area contributed by atoms with Gasteiger partial charge in [0.2, 0.25) is 5.95 Å². The number of nitrogens with one attached hydrogen (secondary N) is 1. The highest BCUT2D eigenvalue weighted by Crippen LogP contribution is 1.99. The molecule has 0 aliphatic carbocycles. The second kappa shape index (κ2) is 2.00. The summed E-state index contributed by atoms with van der Waals surface area (Å²) in [6.45, 7) is 0. The third-order valence-corrected chi connectivity index (χ3v) is 0.696. The highest BCUT2D eigenvalue weighted by molar-refractivity contribution is 6.13. The van der Waals surface area contributed by atoms with Crippen LogP contribution in [0.3, 0.4) is 0 Å². The molecule has 1 radical (unpaired) electrons. The summed E-state index contributed by atoms with van der Waals surface area (Å²) >= 11 is 5.12. The Balaban J connectivity index is 2.59. The summed E-state index contributed by atoms with van der Waals surface area (Å²) in [7, 11) is 0. The lowest BCUT2D eigenvalue weighted by molar-refractivity contribution is 0.337. The first kappa shape index (κ1) is 5.37. The van der Waals surface area contributed by atoms with Gasteiger partial charge in [-0.05, 0) is 0 Å². The van der Waals surface area contributed by atoms with Crippen molar-refractivity contribution >= 4 is 18.0 Å². The zero-order valence-corrected chi connectivity index (χ0v) is 4.48. The van der Waals surface area contributed by atoms with Gasteiger partial charge in [-0.3, -0.25) is 0 Å². The number of hydrogen-bond donors (Lipinski definition) is 1. The van der Waals surface area contributed by atoms with E-state index in [0.717, 1.165) is 6.08 Å². The van der Waals surface area contributed by atoms with E-state index in [0.29, 0.717) is 4.64 Å². The van der Waals surface area contributed by atoms with Crippen molar-refractivity contribution in [1.82, 2.24) is 10.1 Å². The van der Waals surface area contributed by atoms with E-state index >= 15 is 0 Å². The molecule has 0 bridgehead atoms. The van der Waals surface area contributed by atoms with E-state index in [4.69, 9.17) is 11.8 Å². The molecule has 0 aromatic rings. The monoisotopic (exact) mass is 134 g/mol. The molecule has 0 fully saturated rings. The van der Waals surface area contributed by atoms with Crippen LogP contribution in [-0.2, 0) is 0 Å². The predicted molar refractivity (Wildman–Crippen MR) is 27.5 cm³/mol. The minimum atomic E-state index is -0.574. The van der Waals surface area contributed by atoms with E-state index in [1.165, 1.54) is 0 Å². The van der Waals surface area contributed by atoms with E-state index in [1.54, 1.807) is 0 Å². The van der Waals surface area contributed by atoms with Crippen LogP contribution in [0.4, 0.5) is 4.39 Å². The molecule has 1 N–H and O–H groups in total. The third-order valence-electron chi connectivity index (χ3n) is 0.536. The zero-order chi connectivity index (χ0) is 5.98. The van der Waals surface area contributed by atoms with Crippen LogP contribution in [0.1, 0.15) is 0 Å². The lowest BCUT2D eigenvalue weighted by atomic mass is 10.6. The maximum Gasteiger partial charge on any atom is 0.210 e. The lowest BCUT2D eigenvalue weighted by Crippen LogP contribution is -2.25. The molecule has 8 heavy (non-hydrogen) atoms. The summed E-state index contributed by atoms with van der Waals surface area (Å²) in [6.07, 6.45) is 3.24. The molecule has 0 aromatic carbocycles. The van der Waals surface area contributed by atoms with Gasteiger partial charge >= 0.3 is 0 Å². The average molecular weight is 135 g/mol. The summed E-state index contributed by atoms with van der Waals surface area (Å²) in [5.41, 5.74) is 2.04. The molecule has 1 rings (SSSR count). The van der Waals surface area contributed by atoms with Crippen LogP contribution in [0.25, 0.3) is 0 Å². The van der Waals surface area contributed by atoms with Gasteiger partial charge in [-0.2, -0.15) is 4.39 Å². The summed E-state index contributed by atoms with van der Waals surface area (Å²) < 4.78 is 12.6. The van der Waals surface area contributed by atoms with E-state index in [2.05, 4.69) is 11.3 Å². The van der Waals surface area contributed by atoms with Crippen LogP contribution in [-0.4, -0.2) is 10.9 Å². The van der Waals surface area contributed by atoms with Crippen molar-refractivity contribution in [3.63, 3.8) is 0 Å². The number of nitrogens with zero attached hydrogens (tertiary/aromatic N) is 2. The fourth-order valence-electron chi connectivity index (χ4n) is 0.282. The van der Waals surface area contributed by atoms with Crippen LogP contribution < -0.4 is 5.43 Å². The van der Waals surface area contributed by atoms with Crippen molar-refractivity contribution in [2.45, 2.75) is 0 Å². The Kier molecular flexibility index (Phi) is 1.34. The Labute approximate surface area is 50.5 Å². The molecule has 0 saturated heterocycles. The molecule has 0 aromatic heterocycles. The SMILES string of the molecule is FC1=C[C]=NN(Cl)N1. The molecule has 3 nitrogen and oxygen atoms in total. The number of hydrogen-bond acceptors (Lipinski definition) is 3. The van der Waals surface area contributed by atoms with Crippen molar-refractivity contribution in [3.8, 4) is 0 Å². The summed E-state index contributed by atoms with van der Waals surface area (Å²) in [6, 6.07) is 0. The van der Waals surface area contributed by atoms with Crippen molar-refractivity contribution in [2.24, 2.45) is 5.10 Å². The van der Waals surface area contributed by atoms with E-state index in [1.807, 2.05) is 5.43 Å². The molecule has 43 valence electrons. The zero-order valence-electron chi connectivity index (χ0n) is 3.73. The van der Waals surface area contributed by atoms with Gasteiger partial charge in [-0.15, -0.1) is 9.74 Å². The first-order chi connectivity index (χ1) is 3.79. The molecule has 1 heterocycles. The van der Waals surface area contributed by atoms with Crippen molar-refractivity contribution in [1.29, 1.82) is 0 Å². The molecule has 1 aliphatic heterocycles. The second-order valence-electron chi connectivity index (χ2n) is 1.09. The van der Waals surface area contributed by atoms with Gasteiger partial charge in [0, 0.05) is 6.08 Å². The van der Waals surface area contributed by atoms with Crippen molar-refractivity contribution in [2.75, 3.05) is 0 Å². The van der Waals surface area contributed by atoms with Gasteiger partial charge in [0.15, 0.2) is 0 Å². The fourth-order valence-corrected chi connectivity index (χ4v) is 0.406. The minimum absolute atomic E-state index is 0.574.